The third-order valence-corrected chi connectivity index (χ3v) is 6.04. The van der Waals surface area contributed by atoms with Crippen molar-refractivity contribution >= 4 is 33.1 Å². The summed E-state index contributed by atoms with van der Waals surface area (Å²) in [7, 11) is 0. The average Bonchev–Trinajstić information content (AvgIpc) is 3.24. The summed E-state index contributed by atoms with van der Waals surface area (Å²) in [6.45, 7) is 0. The Hall–Kier alpha value is -2.72. The molecule has 4 heteroatoms. The van der Waals surface area contributed by atoms with Crippen LogP contribution < -0.4 is 5.32 Å². The van der Waals surface area contributed by atoms with Gasteiger partial charge in [0.2, 0.25) is 0 Å². The largest absolute Gasteiger partial charge is 0.340 e. The van der Waals surface area contributed by atoms with Gasteiger partial charge in [-0.1, -0.05) is 48.5 Å². The maximum atomic E-state index is 4.93. The van der Waals surface area contributed by atoms with Gasteiger partial charge in [-0.05, 0) is 42.5 Å². The highest BCUT2D eigenvalue weighted by Crippen LogP contribution is 2.40. The molecule has 3 nitrogen and oxygen atoms in total. The summed E-state index contributed by atoms with van der Waals surface area (Å²) in [4.78, 5) is 12.4. The normalized spacial score (nSPS) is 13.1. The van der Waals surface area contributed by atoms with Crippen molar-refractivity contribution in [2.75, 3.05) is 5.32 Å². The molecule has 0 amide bonds. The molecule has 1 aliphatic carbocycles. The van der Waals surface area contributed by atoms with Crippen molar-refractivity contribution in [1.82, 2.24) is 9.97 Å². The molecule has 0 saturated heterocycles. The molecule has 0 aliphatic heterocycles. The predicted molar refractivity (Wildman–Crippen MR) is 108 cm³/mol. The van der Waals surface area contributed by atoms with Gasteiger partial charge in [-0.15, -0.1) is 11.3 Å². The van der Waals surface area contributed by atoms with E-state index >= 15 is 0 Å². The quantitative estimate of drug-likeness (QED) is 0.523. The summed E-state index contributed by atoms with van der Waals surface area (Å²) < 4.78 is 0. The van der Waals surface area contributed by atoms with Crippen LogP contribution >= 0.6 is 11.3 Å². The molecule has 2 aromatic heterocycles. The summed E-state index contributed by atoms with van der Waals surface area (Å²) in [5.74, 6) is 1.83. The summed E-state index contributed by atoms with van der Waals surface area (Å²) in [6.07, 6.45) is 4.31. The standard InChI is InChI=1S/C22H19N3S/c1-3-8-15(9-4-1)14-19-24-21(23-16-10-5-2-6-11-16)20-17-12-7-13-18(17)26-22(20)25-19/h1-6,8-11H,7,12-14H2,(H,23,24,25). The number of benzene rings is 2. The van der Waals surface area contributed by atoms with E-state index in [0.717, 1.165) is 35.0 Å². The molecule has 2 aromatic carbocycles. The van der Waals surface area contributed by atoms with Crippen molar-refractivity contribution < 1.29 is 0 Å². The van der Waals surface area contributed by atoms with E-state index in [0.29, 0.717) is 0 Å². The number of hydrogen-bond acceptors (Lipinski definition) is 4. The van der Waals surface area contributed by atoms with Gasteiger partial charge in [0.25, 0.3) is 0 Å². The van der Waals surface area contributed by atoms with Crippen LogP contribution in [0.25, 0.3) is 10.2 Å². The van der Waals surface area contributed by atoms with E-state index in [4.69, 9.17) is 9.97 Å². The van der Waals surface area contributed by atoms with Gasteiger partial charge in [-0.2, -0.15) is 0 Å². The molecule has 26 heavy (non-hydrogen) atoms. The van der Waals surface area contributed by atoms with Crippen LogP contribution in [0.1, 0.15) is 28.2 Å². The van der Waals surface area contributed by atoms with Crippen LogP contribution in [0.5, 0.6) is 0 Å². The van der Waals surface area contributed by atoms with E-state index in [-0.39, 0.29) is 0 Å². The number of nitrogens with one attached hydrogen (secondary N) is 1. The Morgan fingerprint density at radius 1 is 0.885 bits per heavy atom. The number of para-hydroxylation sites is 1. The molecule has 0 spiro atoms. The van der Waals surface area contributed by atoms with Crippen LogP contribution in [0.15, 0.2) is 60.7 Å². The number of anilines is 2. The average molecular weight is 357 g/mol. The fourth-order valence-corrected chi connectivity index (χ4v) is 4.93. The Kier molecular flexibility index (Phi) is 3.91. The van der Waals surface area contributed by atoms with Crippen molar-refractivity contribution in [3.63, 3.8) is 0 Å². The van der Waals surface area contributed by atoms with E-state index in [1.807, 2.05) is 35.6 Å². The number of rotatable bonds is 4. The van der Waals surface area contributed by atoms with Crippen LogP contribution in [0.3, 0.4) is 0 Å². The molecule has 2 heterocycles. The summed E-state index contributed by atoms with van der Waals surface area (Å²) >= 11 is 1.84. The zero-order valence-electron chi connectivity index (χ0n) is 14.4. The van der Waals surface area contributed by atoms with Crippen molar-refractivity contribution in [3.05, 3.63) is 82.5 Å². The van der Waals surface area contributed by atoms with Crippen LogP contribution in [0.2, 0.25) is 0 Å². The van der Waals surface area contributed by atoms with Crippen LogP contribution in [0.4, 0.5) is 11.5 Å². The molecule has 4 aromatic rings. The number of hydrogen-bond donors (Lipinski definition) is 1. The van der Waals surface area contributed by atoms with E-state index in [2.05, 4.69) is 41.7 Å². The van der Waals surface area contributed by atoms with Crippen molar-refractivity contribution in [2.45, 2.75) is 25.7 Å². The number of aromatic nitrogens is 2. The minimum atomic E-state index is 0.753. The second-order valence-electron chi connectivity index (χ2n) is 6.68. The zero-order chi connectivity index (χ0) is 17.3. The van der Waals surface area contributed by atoms with Gasteiger partial charge in [0.15, 0.2) is 0 Å². The lowest BCUT2D eigenvalue weighted by Gasteiger charge is -2.10. The lowest BCUT2D eigenvalue weighted by atomic mass is 10.1. The van der Waals surface area contributed by atoms with E-state index < -0.39 is 0 Å². The summed E-state index contributed by atoms with van der Waals surface area (Å²) in [5.41, 5.74) is 3.76. The first-order valence-electron chi connectivity index (χ1n) is 9.04. The maximum absolute atomic E-state index is 4.93. The minimum Gasteiger partial charge on any atom is -0.340 e. The van der Waals surface area contributed by atoms with Gasteiger partial charge in [0.05, 0.1) is 5.39 Å². The van der Waals surface area contributed by atoms with Crippen LogP contribution in [-0.4, -0.2) is 9.97 Å². The molecule has 0 fully saturated rings. The van der Waals surface area contributed by atoms with Crippen LogP contribution in [-0.2, 0) is 19.3 Å². The molecule has 1 N–H and O–H groups in total. The molecule has 5 rings (SSSR count). The molecule has 0 radical (unpaired) electrons. The van der Waals surface area contributed by atoms with Gasteiger partial charge in [-0.3, -0.25) is 0 Å². The molecular weight excluding hydrogens is 338 g/mol. The highest BCUT2D eigenvalue weighted by atomic mass is 32.1. The zero-order valence-corrected chi connectivity index (χ0v) is 15.2. The highest BCUT2D eigenvalue weighted by Gasteiger charge is 2.22. The smallest absolute Gasteiger partial charge is 0.143 e. The monoisotopic (exact) mass is 357 g/mol. The van der Waals surface area contributed by atoms with Gasteiger partial charge in [0, 0.05) is 17.0 Å². The molecule has 0 saturated carbocycles. The Morgan fingerprint density at radius 2 is 1.65 bits per heavy atom. The molecule has 0 unspecified atom stereocenters. The summed E-state index contributed by atoms with van der Waals surface area (Å²) in [6, 6.07) is 20.7. The summed E-state index contributed by atoms with van der Waals surface area (Å²) in [5, 5.41) is 4.77. The number of thiophene rings is 1. The number of aryl methyl sites for hydroxylation is 2. The molecule has 0 bridgehead atoms. The SMILES string of the molecule is c1ccc(Cc2nc(Nc3ccccc3)c3c4c(sc3n2)CCC4)cc1. The molecule has 1 aliphatic rings. The predicted octanol–water partition coefficient (Wildman–Crippen LogP) is 5.51. The van der Waals surface area contributed by atoms with Gasteiger partial charge in [0.1, 0.15) is 16.5 Å². The maximum Gasteiger partial charge on any atom is 0.143 e. The van der Waals surface area contributed by atoms with E-state index in [1.165, 1.54) is 34.2 Å². The third-order valence-electron chi connectivity index (χ3n) is 4.85. The number of nitrogens with zero attached hydrogens (tertiary/aromatic N) is 2. The Labute approximate surface area is 156 Å². The highest BCUT2D eigenvalue weighted by molar-refractivity contribution is 7.19. The Bertz CT molecular complexity index is 1060. The third kappa shape index (κ3) is 2.86. The molecular formula is C22H19N3S. The topological polar surface area (TPSA) is 37.8 Å². The first kappa shape index (κ1) is 15.5. The molecule has 128 valence electrons. The van der Waals surface area contributed by atoms with E-state index in [9.17, 15) is 0 Å². The fraction of sp³-hybridized carbons (Fsp3) is 0.182. The first-order chi connectivity index (χ1) is 12.9. The van der Waals surface area contributed by atoms with Crippen molar-refractivity contribution in [2.24, 2.45) is 0 Å². The molecule has 0 atom stereocenters. The van der Waals surface area contributed by atoms with E-state index in [1.54, 1.807) is 0 Å². The van der Waals surface area contributed by atoms with Crippen LogP contribution in [0, 0.1) is 0 Å². The first-order valence-corrected chi connectivity index (χ1v) is 9.85. The second-order valence-corrected chi connectivity index (χ2v) is 7.76. The second kappa shape index (κ2) is 6.54. The van der Waals surface area contributed by atoms with Gasteiger partial charge < -0.3 is 5.32 Å². The van der Waals surface area contributed by atoms with Gasteiger partial charge in [-0.25, -0.2) is 9.97 Å². The lowest BCUT2D eigenvalue weighted by Crippen LogP contribution is -2.02. The Balaban J connectivity index is 1.62. The van der Waals surface area contributed by atoms with Gasteiger partial charge >= 0.3 is 0 Å². The Morgan fingerprint density at radius 3 is 2.46 bits per heavy atom. The fourth-order valence-electron chi connectivity index (χ4n) is 3.65. The van der Waals surface area contributed by atoms with Crippen molar-refractivity contribution in [1.29, 1.82) is 0 Å². The minimum absolute atomic E-state index is 0.753. The number of fused-ring (bicyclic) bond motifs is 3. The lowest BCUT2D eigenvalue weighted by molar-refractivity contribution is 0.916. The van der Waals surface area contributed by atoms with Crippen molar-refractivity contribution in [3.8, 4) is 0 Å².